The van der Waals surface area contributed by atoms with Gasteiger partial charge in [-0.1, -0.05) is 12.1 Å². The van der Waals surface area contributed by atoms with Gasteiger partial charge in [0, 0.05) is 12.6 Å². The first-order valence-electron chi connectivity index (χ1n) is 5.67. The highest BCUT2D eigenvalue weighted by Gasteiger charge is 2.31. The van der Waals surface area contributed by atoms with Crippen molar-refractivity contribution in [2.75, 3.05) is 20.1 Å². The Kier molecular flexibility index (Phi) is 5.04. The topological polar surface area (TPSA) is 29.3 Å². The fourth-order valence-corrected chi connectivity index (χ4v) is 1.73. The number of halogens is 6. The summed E-state index contributed by atoms with van der Waals surface area (Å²) in [6.45, 7) is -1.23. The zero-order valence-corrected chi connectivity index (χ0v) is 10.6. The number of alkyl halides is 6. The van der Waals surface area contributed by atoms with Crippen molar-refractivity contribution in [3.63, 3.8) is 0 Å². The third kappa shape index (κ3) is 5.38. The molecule has 8 heteroatoms. The highest BCUT2D eigenvalue weighted by atomic mass is 19.4. The lowest BCUT2D eigenvalue weighted by Gasteiger charge is -2.22. The molecule has 0 aliphatic carbocycles. The summed E-state index contributed by atoms with van der Waals surface area (Å²) in [6, 6.07) is 3.28. The Bertz CT molecular complexity index is 423. The summed E-state index contributed by atoms with van der Waals surface area (Å²) in [5.41, 5.74) is 5.22. The SMILES string of the molecule is CN(CC(N)c1ccc(C(F)(F)F)cc1)CC(F)(F)F. The average Bonchev–Trinajstić information content (AvgIpc) is 2.25. The maximum atomic E-state index is 12.4. The monoisotopic (exact) mass is 300 g/mol. The van der Waals surface area contributed by atoms with Gasteiger partial charge in [-0.2, -0.15) is 26.3 Å². The van der Waals surface area contributed by atoms with Gasteiger partial charge in [0.15, 0.2) is 0 Å². The smallest absolute Gasteiger partial charge is 0.323 e. The normalized spacial score (nSPS) is 14.7. The molecule has 0 fully saturated rings. The summed E-state index contributed by atoms with van der Waals surface area (Å²) in [5, 5.41) is 0. The number of hydrogen-bond donors (Lipinski definition) is 1. The van der Waals surface area contributed by atoms with Crippen LogP contribution in [-0.2, 0) is 6.18 Å². The van der Waals surface area contributed by atoms with E-state index in [9.17, 15) is 26.3 Å². The molecule has 20 heavy (non-hydrogen) atoms. The first-order chi connectivity index (χ1) is 8.99. The summed E-state index contributed by atoms with van der Waals surface area (Å²) >= 11 is 0. The predicted octanol–water partition coefficient (Wildman–Crippen LogP) is 3.20. The molecule has 1 unspecified atom stereocenters. The maximum Gasteiger partial charge on any atom is 0.416 e. The molecule has 0 heterocycles. The van der Waals surface area contributed by atoms with E-state index in [4.69, 9.17) is 5.73 Å². The number of likely N-dealkylation sites (N-methyl/N-ethyl adjacent to an activating group) is 1. The first-order valence-corrected chi connectivity index (χ1v) is 5.67. The van der Waals surface area contributed by atoms with Crippen molar-refractivity contribution in [1.29, 1.82) is 0 Å². The van der Waals surface area contributed by atoms with Crippen LogP contribution in [0.25, 0.3) is 0 Å². The lowest BCUT2D eigenvalue weighted by atomic mass is 10.0. The van der Waals surface area contributed by atoms with E-state index in [1.807, 2.05) is 0 Å². The molecule has 0 spiro atoms. The largest absolute Gasteiger partial charge is 0.416 e. The van der Waals surface area contributed by atoms with Gasteiger partial charge in [-0.15, -0.1) is 0 Å². The molecule has 0 amide bonds. The Morgan fingerprint density at radius 1 is 1.05 bits per heavy atom. The summed E-state index contributed by atoms with van der Waals surface area (Å²) < 4.78 is 73.5. The van der Waals surface area contributed by atoms with E-state index in [2.05, 4.69) is 0 Å². The van der Waals surface area contributed by atoms with E-state index in [-0.39, 0.29) is 6.54 Å². The predicted molar refractivity (Wildman–Crippen MR) is 61.9 cm³/mol. The molecule has 1 aromatic rings. The third-order valence-electron chi connectivity index (χ3n) is 2.62. The molecule has 0 saturated carbocycles. The summed E-state index contributed by atoms with van der Waals surface area (Å²) in [7, 11) is 1.25. The van der Waals surface area contributed by atoms with Crippen molar-refractivity contribution in [1.82, 2.24) is 4.90 Å². The molecule has 0 aromatic heterocycles. The fraction of sp³-hybridized carbons (Fsp3) is 0.500. The Balaban J connectivity index is 2.66. The van der Waals surface area contributed by atoms with Gasteiger partial charge >= 0.3 is 12.4 Å². The van der Waals surface area contributed by atoms with Crippen LogP contribution in [0.5, 0.6) is 0 Å². The van der Waals surface area contributed by atoms with E-state index < -0.39 is 30.5 Å². The summed E-state index contributed by atoms with van der Waals surface area (Å²) in [6.07, 6.45) is -8.79. The van der Waals surface area contributed by atoms with E-state index in [0.717, 1.165) is 17.0 Å². The Morgan fingerprint density at radius 2 is 1.55 bits per heavy atom. The van der Waals surface area contributed by atoms with E-state index in [1.165, 1.54) is 19.2 Å². The second kappa shape index (κ2) is 6.01. The van der Waals surface area contributed by atoms with E-state index in [0.29, 0.717) is 5.56 Å². The Morgan fingerprint density at radius 3 is 1.95 bits per heavy atom. The number of nitrogens with zero attached hydrogens (tertiary/aromatic N) is 1. The van der Waals surface area contributed by atoms with Crippen molar-refractivity contribution in [2.45, 2.75) is 18.4 Å². The minimum Gasteiger partial charge on any atom is -0.323 e. The molecule has 2 N–H and O–H groups in total. The molecule has 2 nitrogen and oxygen atoms in total. The molecule has 0 saturated heterocycles. The van der Waals surface area contributed by atoms with Gasteiger partial charge in [-0.3, -0.25) is 4.90 Å². The average molecular weight is 300 g/mol. The highest BCUT2D eigenvalue weighted by Crippen LogP contribution is 2.29. The lowest BCUT2D eigenvalue weighted by molar-refractivity contribution is -0.143. The van der Waals surface area contributed by atoms with Crippen molar-refractivity contribution in [3.8, 4) is 0 Å². The van der Waals surface area contributed by atoms with Crippen LogP contribution in [0.2, 0.25) is 0 Å². The molecule has 114 valence electrons. The van der Waals surface area contributed by atoms with Crippen LogP contribution in [0.15, 0.2) is 24.3 Å². The second-order valence-electron chi connectivity index (χ2n) is 4.54. The molecule has 0 radical (unpaired) electrons. The Labute approximate surface area is 112 Å². The molecule has 0 aliphatic heterocycles. The van der Waals surface area contributed by atoms with Gasteiger partial charge in [-0.25, -0.2) is 0 Å². The van der Waals surface area contributed by atoms with Gasteiger partial charge in [-0.05, 0) is 24.7 Å². The molecule has 1 atom stereocenters. The van der Waals surface area contributed by atoms with Crippen LogP contribution < -0.4 is 5.73 Å². The molecule has 0 bridgehead atoms. The van der Waals surface area contributed by atoms with Crippen LogP contribution in [0.4, 0.5) is 26.3 Å². The third-order valence-corrected chi connectivity index (χ3v) is 2.62. The quantitative estimate of drug-likeness (QED) is 0.865. The van der Waals surface area contributed by atoms with Crippen molar-refractivity contribution >= 4 is 0 Å². The summed E-state index contributed by atoms with van der Waals surface area (Å²) in [4.78, 5) is 0.975. The van der Waals surface area contributed by atoms with Crippen LogP contribution in [-0.4, -0.2) is 31.2 Å². The summed E-state index contributed by atoms with van der Waals surface area (Å²) in [5.74, 6) is 0. The van der Waals surface area contributed by atoms with E-state index in [1.54, 1.807) is 0 Å². The van der Waals surface area contributed by atoms with Crippen LogP contribution in [0.1, 0.15) is 17.2 Å². The van der Waals surface area contributed by atoms with Gasteiger partial charge < -0.3 is 5.73 Å². The minimum atomic E-state index is -4.45. The highest BCUT2D eigenvalue weighted by molar-refractivity contribution is 5.26. The van der Waals surface area contributed by atoms with E-state index >= 15 is 0 Å². The van der Waals surface area contributed by atoms with Crippen LogP contribution in [0, 0.1) is 0 Å². The Hall–Kier alpha value is -1.28. The van der Waals surface area contributed by atoms with Crippen LogP contribution in [0.3, 0.4) is 0 Å². The standard InChI is InChI=1S/C12H14F6N2/c1-20(7-11(13,14)15)6-10(19)8-2-4-9(5-3-8)12(16,17)18/h2-5,10H,6-7,19H2,1H3. The molecule has 1 rings (SSSR count). The zero-order chi connectivity index (χ0) is 15.6. The van der Waals surface area contributed by atoms with Crippen molar-refractivity contribution in [2.24, 2.45) is 5.73 Å². The number of hydrogen-bond acceptors (Lipinski definition) is 2. The fourth-order valence-electron chi connectivity index (χ4n) is 1.73. The molecule has 0 aliphatic rings. The first kappa shape index (κ1) is 16.8. The molecular formula is C12H14F6N2. The van der Waals surface area contributed by atoms with Crippen LogP contribution >= 0.6 is 0 Å². The van der Waals surface area contributed by atoms with Crippen molar-refractivity contribution in [3.05, 3.63) is 35.4 Å². The van der Waals surface area contributed by atoms with Crippen molar-refractivity contribution < 1.29 is 26.3 Å². The zero-order valence-electron chi connectivity index (χ0n) is 10.6. The molecule has 1 aromatic carbocycles. The second-order valence-corrected chi connectivity index (χ2v) is 4.54. The van der Waals surface area contributed by atoms with Gasteiger partial charge in [0.25, 0.3) is 0 Å². The van der Waals surface area contributed by atoms with Gasteiger partial charge in [0.2, 0.25) is 0 Å². The van der Waals surface area contributed by atoms with Gasteiger partial charge in [0.1, 0.15) is 0 Å². The number of rotatable bonds is 4. The maximum absolute atomic E-state index is 12.4. The molecular weight excluding hydrogens is 286 g/mol. The lowest BCUT2D eigenvalue weighted by Crippen LogP contribution is -2.36. The minimum absolute atomic E-state index is 0.106. The van der Waals surface area contributed by atoms with Gasteiger partial charge in [0.05, 0.1) is 12.1 Å². The number of nitrogens with two attached hydrogens (primary N) is 1. The number of benzene rings is 1.